The minimum absolute atomic E-state index is 0.141. The number of hydrogen-bond acceptors (Lipinski definition) is 3. The van der Waals surface area contributed by atoms with Gasteiger partial charge >= 0.3 is 0 Å². The Labute approximate surface area is 85.3 Å². The molecule has 1 fully saturated rings. The fourth-order valence-corrected chi connectivity index (χ4v) is 2.26. The number of hydrogen-bond donors (Lipinski definition) is 0. The molecular weight excluding hydrogens is 176 g/mol. The lowest BCUT2D eigenvalue weighted by molar-refractivity contribution is -0.118. The van der Waals surface area contributed by atoms with Crippen LogP contribution in [-0.2, 0) is 4.79 Å². The fraction of sp³-hybridized carbons (Fsp3) is 0.727. The van der Waals surface area contributed by atoms with Gasteiger partial charge in [-0.2, -0.15) is 0 Å². The van der Waals surface area contributed by atoms with Gasteiger partial charge in [0.2, 0.25) is 0 Å². The molecule has 0 spiro atoms. The van der Waals surface area contributed by atoms with Crippen molar-refractivity contribution in [3.05, 3.63) is 11.6 Å². The molecule has 0 aromatic carbocycles. The van der Waals surface area contributed by atoms with Gasteiger partial charge in [0.25, 0.3) is 0 Å². The van der Waals surface area contributed by atoms with Crippen molar-refractivity contribution in [1.29, 1.82) is 0 Å². The average Bonchev–Trinajstić information content (AvgIpc) is 2.67. The molecule has 0 amide bonds. The first-order valence-electron chi connectivity index (χ1n) is 5.43. The smallest absolute Gasteiger partial charge is 0.138 e. The Kier molecular flexibility index (Phi) is 2.99. The van der Waals surface area contributed by atoms with Gasteiger partial charge in [-0.15, -0.1) is 0 Å². The molecule has 2 aliphatic rings. The lowest BCUT2D eigenvalue weighted by Crippen LogP contribution is -2.47. The van der Waals surface area contributed by atoms with Gasteiger partial charge in [-0.25, -0.2) is 10.0 Å². The minimum atomic E-state index is 0.141. The molecule has 78 valence electrons. The molecule has 0 N–H and O–H groups in total. The van der Waals surface area contributed by atoms with Crippen molar-refractivity contribution in [3.8, 4) is 0 Å². The molecule has 1 saturated heterocycles. The summed E-state index contributed by atoms with van der Waals surface area (Å²) in [6.45, 7) is 5.29. The van der Waals surface area contributed by atoms with Crippen LogP contribution in [0.2, 0.25) is 0 Å². The zero-order valence-corrected chi connectivity index (χ0v) is 8.78. The van der Waals surface area contributed by atoms with Crippen molar-refractivity contribution in [3.63, 3.8) is 0 Å². The maximum atomic E-state index is 10.8. The van der Waals surface area contributed by atoms with Crippen molar-refractivity contribution in [1.82, 2.24) is 10.0 Å². The molecular formula is C11H18N2O. The van der Waals surface area contributed by atoms with Crippen LogP contribution in [0.3, 0.4) is 0 Å². The number of carbonyl (C=O) groups is 1. The van der Waals surface area contributed by atoms with Crippen molar-refractivity contribution >= 4 is 6.29 Å². The molecule has 0 bridgehead atoms. The summed E-state index contributed by atoms with van der Waals surface area (Å²) in [4.78, 5) is 10.8. The van der Waals surface area contributed by atoms with E-state index in [-0.39, 0.29) is 6.04 Å². The van der Waals surface area contributed by atoms with E-state index < -0.39 is 0 Å². The van der Waals surface area contributed by atoms with Crippen LogP contribution >= 0.6 is 0 Å². The van der Waals surface area contributed by atoms with Gasteiger partial charge in [0.05, 0.1) is 6.04 Å². The molecule has 0 aromatic rings. The average molecular weight is 194 g/mol. The number of nitrogens with zero attached hydrogens (tertiary/aromatic N) is 2. The van der Waals surface area contributed by atoms with Crippen molar-refractivity contribution in [2.24, 2.45) is 0 Å². The predicted octanol–water partition coefficient (Wildman–Crippen LogP) is 1.22. The van der Waals surface area contributed by atoms with Crippen LogP contribution in [0.5, 0.6) is 0 Å². The molecule has 0 unspecified atom stereocenters. The van der Waals surface area contributed by atoms with Crippen LogP contribution in [0.4, 0.5) is 0 Å². The Morgan fingerprint density at radius 3 is 3.00 bits per heavy atom. The molecule has 2 rings (SSSR count). The third kappa shape index (κ3) is 1.88. The van der Waals surface area contributed by atoms with Crippen LogP contribution in [0.25, 0.3) is 0 Å². The van der Waals surface area contributed by atoms with Gasteiger partial charge < -0.3 is 4.79 Å². The van der Waals surface area contributed by atoms with Crippen LogP contribution in [-0.4, -0.2) is 42.0 Å². The van der Waals surface area contributed by atoms with E-state index in [4.69, 9.17) is 0 Å². The molecule has 0 aromatic heterocycles. The molecule has 2 aliphatic heterocycles. The lowest BCUT2D eigenvalue weighted by atomic mass is 10.1. The van der Waals surface area contributed by atoms with Crippen molar-refractivity contribution in [2.75, 3.05) is 19.6 Å². The summed E-state index contributed by atoms with van der Waals surface area (Å²) in [6.07, 6.45) is 6.69. The van der Waals surface area contributed by atoms with Gasteiger partial charge in [-0.3, -0.25) is 0 Å². The van der Waals surface area contributed by atoms with E-state index in [1.165, 1.54) is 5.57 Å². The molecule has 1 atom stereocenters. The van der Waals surface area contributed by atoms with E-state index in [2.05, 4.69) is 23.0 Å². The van der Waals surface area contributed by atoms with E-state index in [0.717, 1.165) is 45.2 Å². The van der Waals surface area contributed by atoms with Gasteiger partial charge in [0.1, 0.15) is 6.29 Å². The summed E-state index contributed by atoms with van der Waals surface area (Å²) in [5, 5.41) is 4.56. The summed E-state index contributed by atoms with van der Waals surface area (Å²) in [5.74, 6) is 0. The standard InChI is InChI=1S/C11H18N2O/c1-10-4-7-12(8-5-10)13-6-2-3-11(13)9-14/h4,9,11H,2-3,5-8H2,1H3/t11-/m0/s1. The molecule has 0 radical (unpaired) electrons. The maximum absolute atomic E-state index is 10.8. The van der Waals surface area contributed by atoms with Crippen LogP contribution in [0, 0.1) is 0 Å². The summed E-state index contributed by atoms with van der Waals surface area (Å²) in [6, 6.07) is 0.141. The quantitative estimate of drug-likeness (QED) is 0.488. The Morgan fingerprint density at radius 1 is 1.50 bits per heavy atom. The first kappa shape index (κ1) is 9.87. The number of carbonyl (C=O) groups excluding carboxylic acids is 1. The fourth-order valence-electron chi connectivity index (χ4n) is 2.26. The third-order valence-corrected chi connectivity index (χ3v) is 3.21. The Balaban J connectivity index is 1.98. The summed E-state index contributed by atoms with van der Waals surface area (Å²) < 4.78 is 0. The second-order valence-electron chi connectivity index (χ2n) is 4.22. The highest BCUT2D eigenvalue weighted by molar-refractivity contribution is 5.57. The van der Waals surface area contributed by atoms with Gasteiger partial charge in [-0.05, 0) is 26.2 Å². The van der Waals surface area contributed by atoms with E-state index >= 15 is 0 Å². The largest absolute Gasteiger partial charge is 0.302 e. The van der Waals surface area contributed by atoms with Gasteiger partial charge in [0.15, 0.2) is 0 Å². The monoisotopic (exact) mass is 194 g/mol. The Morgan fingerprint density at radius 2 is 2.36 bits per heavy atom. The first-order chi connectivity index (χ1) is 6.81. The second-order valence-corrected chi connectivity index (χ2v) is 4.22. The maximum Gasteiger partial charge on any atom is 0.138 e. The van der Waals surface area contributed by atoms with E-state index in [1.54, 1.807) is 0 Å². The molecule has 0 aliphatic carbocycles. The number of hydrazine groups is 1. The summed E-state index contributed by atoms with van der Waals surface area (Å²) in [7, 11) is 0. The van der Waals surface area contributed by atoms with Crippen molar-refractivity contribution in [2.45, 2.75) is 32.2 Å². The van der Waals surface area contributed by atoms with Crippen molar-refractivity contribution < 1.29 is 4.79 Å². The van der Waals surface area contributed by atoms with E-state index in [9.17, 15) is 4.79 Å². The number of aldehydes is 1. The Hall–Kier alpha value is -0.670. The molecule has 14 heavy (non-hydrogen) atoms. The zero-order valence-electron chi connectivity index (χ0n) is 8.78. The SMILES string of the molecule is CC1=CCN(N2CCC[C@H]2C=O)CC1. The molecule has 3 nitrogen and oxygen atoms in total. The van der Waals surface area contributed by atoms with Gasteiger partial charge in [-0.1, -0.05) is 11.6 Å². The summed E-state index contributed by atoms with van der Waals surface area (Å²) >= 11 is 0. The highest BCUT2D eigenvalue weighted by Gasteiger charge is 2.29. The predicted molar refractivity (Wildman–Crippen MR) is 55.7 cm³/mol. The summed E-state index contributed by atoms with van der Waals surface area (Å²) in [5.41, 5.74) is 1.48. The molecule has 2 heterocycles. The van der Waals surface area contributed by atoms with Crippen LogP contribution in [0.15, 0.2) is 11.6 Å². The third-order valence-electron chi connectivity index (χ3n) is 3.21. The van der Waals surface area contributed by atoms with Crippen LogP contribution < -0.4 is 0 Å². The topological polar surface area (TPSA) is 23.6 Å². The normalized spacial score (nSPS) is 30.4. The lowest BCUT2D eigenvalue weighted by Gasteiger charge is -2.35. The Bertz CT molecular complexity index is 250. The zero-order chi connectivity index (χ0) is 9.97. The molecule has 3 heteroatoms. The number of rotatable bonds is 2. The minimum Gasteiger partial charge on any atom is -0.302 e. The first-order valence-corrected chi connectivity index (χ1v) is 5.43. The van der Waals surface area contributed by atoms with E-state index in [1.807, 2.05) is 0 Å². The van der Waals surface area contributed by atoms with E-state index in [0.29, 0.717) is 0 Å². The second kappa shape index (κ2) is 4.24. The van der Waals surface area contributed by atoms with Gasteiger partial charge in [0, 0.05) is 19.6 Å². The molecule has 0 saturated carbocycles. The highest BCUT2D eigenvalue weighted by atomic mass is 16.1. The highest BCUT2D eigenvalue weighted by Crippen LogP contribution is 2.21. The van der Waals surface area contributed by atoms with Crippen LogP contribution in [0.1, 0.15) is 26.2 Å².